The molecular weight excluding hydrogens is 476 g/mol. The summed E-state index contributed by atoms with van der Waals surface area (Å²) in [5.41, 5.74) is 3.30. The van der Waals surface area contributed by atoms with Crippen molar-refractivity contribution in [2.75, 3.05) is 27.3 Å². The number of benzene rings is 2. The third-order valence-corrected chi connectivity index (χ3v) is 6.43. The minimum absolute atomic E-state index is 0.0463. The summed E-state index contributed by atoms with van der Waals surface area (Å²) in [5, 5.41) is 0.768. The first kappa shape index (κ1) is 24.1. The van der Waals surface area contributed by atoms with E-state index in [-0.39, 0.29) is 11.6 Å². The number of hydrogen-bond donors (Lipinski definition) is 0. The molecule has 2 aromatic rings. The van der Waals surface area contributed by atoms with Gasteiger partial charge in [-0.25, -0.2) is 0 Å². The molecule has 1 unspecified atom stereocenters. The standard InChI is InChI=1S/C25H32BrClN2O2/c1-25(2,3)24(31-5)29-15-7-14-28-23(29)20-8-6-9-21(27)19(20)12-10-17-16-18(26)11-13-22(17)30-4/h6,8-9,11,13,16,24H,7,10,12,14-15H2,1-5H3. The molecule has 0 radical (unpaired) electrons. The second-order valence-corrected chi connectivity index (χ2v) is 10.3. The lowest BCUT2D eigenvalue weighted by atomic mass is 9.91. The largest absolute Gasteiger partial charge is 0.496 e. The summed E-state index contributed by atoms with van der Waals surface area (Å²) in [6.45, 7) is 8.33. The van der Waals surface area contributed by atoms with Crippen LogP contribution in [0.3, 0.4) is 0 Å². The smallest absolute Gasteiger partial charge is 0.135 e. The van der Waals surface area contributed by atoms with E-state index in [1.807, 2.05) is 24.3 Å². The molecule has 1 atom stereocenters. The molecule has 1 heterocycles. The third kappa shape index (κ3) is 5.63. The summed E-state index contributed by atoms with van der Waals surface area (Å²) in [6.07, 6.45) is 2.56. The molecule has 2 aromatic carbocycles. The Bertz CT molecular complexity index is 940. The van der Waals surface area contributed by atoms with E-state index in [1.54, 1.807) is 14.2 Å². The van der Waals surface area contributed by atoms with Gasteiger partial charge in [-0.2, -0.15) is 0 Å². The van der Waals surface area contributed by atoms with E-state index in [4.69, 9.17) is 26.1 Å². The number of aliphatic imine (C=N–C) groups is 1. The number of ether oxygens (including phenoxy) is 2. The fourth-order valence-corrected chi connectivity index (χ4v) is 4.94. The van der Waals surface area contributed by atoms with Gasteiger partial charge in [0.15, 0.2) is 0 Å². The Kier molecular flexibility index (Phi) is 8.06. The lowest BCUT2D eigenvalue weighted by molar-refractivity contribution is -0.0674. The molecular formula is C25H32BrClN2O2. The van der Waals surface area contributed by atoms with Crippen LogP contribution in [-0.2, 0) is 17.6 Å². The van der Waals surface area contributed by atoms with Gasteiger partial charge in [0.2, 0.25) is 0 Å². The van der Waals surface area contributed by atoms with Gasteiger partial charge in [0.1, 0.15) is 17.8 Å². The van der Waals surface area contributed by atoms with Gasteiger partial charge in [0.05, 0.1) is 7.11 Å². The van der Waals surface area contributed by atoms with Gasteiger partial charge in [-0.1, -0.05) is 60.4 Å². The zero-order chi connectivity index (χ0) is 22.6. The zero-order valence-corrected chi connectivity index (χ0v) is 21.4. The van der Waals surface area contributed by atoms with Crippen molar-refractivity contribution in [3.63, 3.8) is 0 Å². The van der Waals surface area contributed by atoms with Gasteiger partial charge in [0, 0.05) is 40.7 Å². The minimum atomic E-state index is -0.0662. The molecule has 0 aliphatic carbocycles. The first-order valence-electron chi connectivity index (χ1n) is 10.7. The zero-order valence-electron chi connectivity index (χ0n) is 19.0. The maximum absolute atomic E-state index is 6.73. The van der Waals surface area contributed by atoms with Crippen LogP contribution in [0.1, 0.15) is 43.9 Å². The van der Waals surface area contributed by atoms with Gasteiger partial charge in [0.25, 0.3) is 0 Å². The monoisotopic (exact) mass is 506 g/mol. The summed E-state index contributed by atoms with van der Waals surface area (Å²) < 4.78 is 12.5. The van der Waals surface area contributed by atoms with Gasteiger partial charge >= 0.3 is 0 Å². The fraction of sp³-hybridized carbons (Fsp3) is 0.480. The molecule has 0 bridgehead atoms. The third-order valence-electron chi connectivity index (χ3n) is 5.58. The summed E-state index contributed by atoms with van der Waals surface area (Å²) >= 11 is 10.3. The average Bonchev–Trinajstić information content (AvgIpc) is 2.73. The first-order chi connectivity index (χ1) is 14.8. The predicted octanol–water partition coefficient (Wildman–Crippen LogP) is 6.37. The van der Waals surface area contributed by atoms with Crippen molar-refractivity contribution in [1.82, 2.24) is 4.90 Å². The summed E-state index contributed by atoms with van der Waals surface area (Å²) in [6, 6.07) is 12.2. The molecule has 6 heteroatoms. The highest BCUT2D eigenvalue weighted by atomic mass is 79.9. The number of rotatable bonds is 7. The lowest BCUT2D eigenvalue weighted by Gasteiger charge is -2.42. The van der Waals surface area contributed by atoms with E-state index in [9.17, 15) is 0 Å². The SMILES string of the molecule is COc1ccc(Br)cc1CCc1c(Cl)cccc1C1=NCCCN1C(OC)C(C)(C)C. The molecule has 168 valence electrons. The number of methoxy groups -OCH3 is 2. The van der Waals surface area contributed by atoms with Gasteiger partial charge in [-0.05, 0) is 54.7 Å². The maximum atomic E-state index is 6.73. The molecule has 3 rings (SSSR count). The van der Waals surface area contributed by atoms with E-state index < -0.39 is 0 Å². The molecule has 0 saturated heterocycles. The Labute approximate surface area is 199 Å². The van der Waals surface area contributed by atoms with Crippen LogP contribution in [0.15, 0.2) is 45.9 Å². The van der Waals surface area contributed by atoms with Crippen molar-refractivity contribution in [2.24, 2.45) is 10.4 Å². The van der Waals surface area contributed by atoms with Crippen LogP contribution in [0.4, 0.5) is 0 Å². The number of halogens is 2. The van der Waals surface area contributed by atoms with E-state index in [2.05, 4.69) is 53.7 Å². The molecule has 1 aliphatic rings. The summed E-state index contributed by atoms with van der Waals surface area (Å²) in [4.78, 5) is 7.24. The van der Waals surface area contributed by atoms with Crippen molar-refractivity contribution < 1.29 is 9.47 Å². The van der Waals surface area contributed by atoms with E-state index in [0.29, 0.717) is 0 Å². The van der Waals surface area contributed by atoms with Gasteiger partial charge in [-0.15, -0.1) is 0 Å². The van der Waals surface area contributed by atoms with Crippen molar-refractivity contribution in [1.29, 1.82) is 0 Å². The molecule has 31 heavy (non-hydrogen) atoms. The minimum Gasteiger partial charge on any atom is -0.496 e. The highest BCUT2D eigenvalue weighted by molar-refractivity contribution is 9.10. The molecule has 0 aromatic heterocycles. The van der Waals surface area contributed by atoms with Crippen LogP contribution in [0.2, 0.25) is 5.02 Å². The molecule has 1 aliphatic heterocycles. The molecule has 4 nitrogen and oxygen atoms in total. The van der Waals surface area contributed by atoms with E-state index in [1.165, 1.54) is 0 Å². The predicted molar refractivity (Wildman–Crippen MR) is 133 cm³/mol. The van der Waals surface area contributed by atoms with Crippen LogP contribution < -0.4 is 4.74 Å². The summed E-state index contributed by atoms with van der Waals surface area (Å²) in [5.74, 6) is 1.87. The van der Waals surface area contributed by atoms with Crippen LogP contribution in [0, 0.1) is 5.41 Å². The van der Waals surface area contributed by atoms with Crippen molar-refractivity contribution >= 4 is 33.4 Å². The topological polar surface area (TPSA) is 34.1 Å². The Morgan fingerprint density at radius 3 is 2.61 bits per heavy atom. The number of hydrogen-bond acceptors (Lipinski definition) is 4. The Morgan fingerprint density at radius 1 is 1.16 bits per heavy atom. The number of aryl methyl sites for hydroxylation is 1. The quantitative estimate of drug-likeness (QED) is 0.437. The lowest BCUT2D eigenvalue weighted by Crippen LogP contribution is -2.51. The van der Waals surface area contributed by atoms with E-state index >= 15 is 0 Å². The average molecular weight is 508 g/mol. The highest BCUT2D eigenvalue weighted by Crippen LogP contribution is 2.32. The van der Waals surface area contributed by atoms with Crippen LogP contribution >= 0.6 is 27.5 Å². The Morgan fingerprint density at radius 2 is 1.94 bits per heavy atom. The molecule has 0 fully saturated rings. The van der Waals surface area contributed by atoms with Gasteiger partial charge in [-0.3, -0.25) is 4.99 Å². The number of amidine groups is 1. The van der Waals surface area contributed by atoms with Crippen LogP contribution in [-0.4, -0.2) is 44.3 Å². The van der Waals surface area contributed by atoms with Gasteiger partial charge < -0.3 is 14.4 Å². The van der Waals surface area contributed by atoms with Crippen LogP contribution in [0.5, 0.6) is 5.75 Å². The Balaban J connectivity index is 1.97. The molecule has 0 amide bonds. The summed E-state index contributed by atoms with van der Waals surface area (Å²) in [7, 11) is 3.49. The number of nitrogens with zero attached hydrogens (tertiary/aromatic N) is 2. The fourth-order valence-electron chi connectivity index (χ4n) is 4.26. The molecule has 0 spiro atoms. The second kappa shape index (κ2) is 10.4. The van der Waals surface area contributed by atoms with Crippen molar-refractivity contribution in [3.8, 4) is 5.75 Å². The Hall–Kier alpha value is -1.56. The second-order valence-electron chi connectivity index (χ2n) is 8.93. The van der Waals surface area contributed by atoms with Crippen molar-refractivity contribution in [3.05, 3.63) is 62.6 Å². The first-order valence-corrected chi connectivity index (χ1v) is 11.9. The normalized spacial score (nSPS) is 15.6. The highest BCUT2D eigenvalue weighted by Gasteiger charge is 2.34. The maximum Gasteiger partial charge on any atom is 0.135 e. The molecule has 0 saturated carbocycles. The van der Waals surface area contributed by atoms with Crippen LogP contribution in [0.25, 0.3) is 0 Å². The van der Waals surface area contributed by atoms with E-state index in [0.717, 1.165) is 70.1 Å². The van der Waals surface area contributed by atoms with Crippen molar-refractivity contribution in [2.45, 2.75) is 46.3 Å². The molecule has 0 N–H and O–H groups in total.